The Morgan fingerprint density at radius 3 is 2.93 bits per heavy atom. The molecule has 0 aromatic heterocycles. The minimum atomic E-state index is 0.200. The van der Waals surface area contributed by atoms with Crippen molar-refractivity contribution in [1.29, 1.82) is 0 Å². The van der Waals surface area contributed by atoms with Crippen LogP contribution in [-0.2, 0) is 9.53 Å². The van der Waals surface area contributed by atoms with Crippen LogP contribution in [0, 0.1) is 5.92 Å². The summed E-state index contributed by atoms with van der Waals surface area (Å²) in [4.78, 5) is 13.9. The van der Waals surface area contributed by atoms with Crippen LogP contribution in [0.5, 0.6) is 0 Å². The highest BCUT2D eigenvalue weighted by atomic mass is 16.5. The first-order valence-corrected chi connectivity index (χ1v) is 6.20. The standard InChI is InChI=1S/C12H21NO2/c1-2-15-9-12(14)13-8-7-10-5-3-4-6-11(10)13/h10-11H,2-9H2,1H3. The van der Waals surface area contributed by atoms with Gasteiger partial charge in [0.25, 0.3) is 0 Å². The molecule has 86 valence electrons. The van der Waals surface area contributed by atoms with E-state index in [1.807, 2.05) is 6.92 Å². The zero-order valence-electron chi connectivity index (χ0n) is 9.58. The fraction of sp³-hybridized carbons (Fsp3) is 0.917. The number of carbonyl (C=O) groups excluding carboxylic acids is 1. The summed E-state index contributed by atoms with van der Waals surface area (Å²) in [5, 5.41) is 0. The van der Waals surface area contributed by atoms with Crippen LogP contribution in [-0.4, -0.2) is 36.6 Å². The van der Waals surface area contributed by atoms with Gasteiger partial charge in [-0.15, -0.1) is 0 Å². The SMILES string of the molecule is CCOCC(=O)N1CCC2CCCCC21. The van der Waals surface area contributed by atoms with E-state index in [0.717, 1.165) is 12.5 Å². The molecular formula is C12H21NO2. The molecule has 2 fully saturated rings. The van der Waals surface area contributed by atoms with Crippen molar-refractivity contribution in [1.82, 2.24) is 4.90 Å². The first-order valence-electron chi connectivity index (χ1n) is 6.20. The average Bonchev–Trinajstić information content (AvgIpc) is 2.69. The van der Waals surface area contributed by atoms with Crippen LogP contribution >= 0.6 is 0 Å². The molecule has 1 saturated heterocycles. The summed E-state index contributed by atoms with van der Waals surface area (Å²) in [6, 6.07) is 0.534. The number of fused-ring (bicyclic) bond motifs is 1. The van der Waals surface area contributed by atoms with E-state index < -0.39 is 0 Å². The molecule has 15 heavy (non-hydrogen) atoms. The molecule has 2 rings (SSSR count). The van der Waals surface area contributed by atoms with Crippen LogP contribution in [0.1, 0.15) is 39.0 Å². The number of hydrogen-bond acceptors (Lipinski definition) is 2. The van der Waals surface area contributed by atoms with Crippen molar-refractivity contribution >= 4 is 5.91 Å². The molecule has 2 aliphatic rings. The molecule has 1 amide bonds. The fourth-order valence-corrected chi connectivity index (χ4v) is 2.99. The van der Waals surface area contributed by atoms with E-state index in [9.17, 15) is 4.79 Å². The smallest absolute Gasteiger partial charge is 0.248 e. The first kappa shape index (κ1) is 10.9. The molecule has 2 unspecified atom stereocenters. The number of carbonyl (C=O) groups is 1. The summed E-state index contributed by atoms with van der Waals surface area (Å²) in [6.07, 6.45) is 6.39. The van der Waals surface area contributed by atoms with Gasteiger partial charge in [0.1, 0.15) is 6.61 Å². The summed E-state index contributed by atoms with van der Waals surface area (Å²) in [7, 11) is 0. The minimum Gasteiger partial charge on any atom is -0.372 e. The summed E-state index contributed by atoms with van der Waals surface area (Å²) in [6.45, 7) is 3.80. The van der Waals surface area contributed by atoms with Gasteiger partial charge in [0.2, 0.25) is 5.91 Å². The van der Waals surface area contributed by atoms with Crippen molar-refractivity contribution < 1.29 is 9.53 Å². The molecule has 0 N–H and O–H groups in total. The van der Waals surface area contributed by atoms with Gasteiger partial charge >= 0.3 is 0 Å². The molecular weight excluding hydrogens is 190 g/mol. The lowest BCUT2D eigenvalue weighted by Gasteiger charge is -2.31. The maximum Gasteiger partial charge on any atom is 0.248 e. The van der Waals surface area contributed by atoms with Gasteiger partial charge in [-0.25, -0.2) is 0 Å². The van der Waals surface area contributed by atoms with Crippen LogP contribution in [0.2, 0.25) is 0 Å². The van der Waals surface area contributed by atoms with Crippen molar-refractivity contribution in [2.24, 2.45) is 5.92 Å². The predicted octanol–water partition coefficient (Wildman–Crippen LogP) is 1.81. The summed E-state index contributed by atoms with van der Waals surface area (Å²) in [5.74, 6) is 0.982. The summed E-state index contributed by atoms with van der Waals surface area (Å²) in [5.41, 5.74) is 0. The second-order valence-electron chi connectivity index (χ2n) is 4.62. The van der Waals surface area contributed by atoms with Crippen molar-refractivity contribution in [3.8, 4) is 0 Å². The largest absolute Gasteiger partial charge is 0.372 e. The second-order valence-corrected chi connectivity index (χ2v) is 4.62. The number of likely N-dealkylation sites (tertiary alicyclic amines) is 1. The highest BCUT2D eigenvalue weighted by Crippen LogP contribution is 2.35. The zero-order chi connectivity index (χ0) is 10.7. The van der Waals surface area contributed by atoms with Crippen LogP contribution in [0.25, 0.3) is 0 Å². The van der Waals surface area contributed by atoms with Gasteiger partial charge in [0.15, 0.2) is 0 Å². The molecule has 1 aliphatic heterocycles. The molecule has 0 radical (unpaired) electrons. The molecule has 0 spiro atoms. The molecule has 3 heteroatoms. The van der Waals surface area contributed by atoms with Crippen molar-refractivity contribution in [3.05, 3.63) is 0 Å². The van der Waals surface area contributed by atoms with E-state index in [1.165, 1.54) is 32.1 Å². The molecule has 1 heterocycles. The van der Waals surface area contributed by atoms with E-state index >= 15 is 0 Å². The fourth-order valence-electron chi connectivity index (χ4n) is 2.99. The summed E-state index contributed by atoms with van der Waals surface area (Å²) >= 11 is 0. The van der Waals surface area contributed by atoms with Gasteiger partial charge in [-0.1, -0.05) is 12.8 Å². The highest BCUT2D eigenvalue weighted by molar-refractivity contribution is 5.78. The molecule has 0 bridgehead atoms. The van der Waals surface area contributed by atoms with E-state index in [-0.39, 0.29) is 12.5 Å². The van der Waals surface area contributed by atoms with Gasteiger partial charge in [0.05, 0.1) is 0 Å². The lowest BCUT2D eigenvalue weighted by Crippen LogP contribution is -2.41. The van der Waals surface area contributed by atoms with Crippen LogP contribution in [0.3, 0.4) is 0 Å². The topological polar surface area (TPSA) is 29.5 Å². The predicted molar refractivity (Wildman–Crippen MR) is 58.6 cm³/mol. The Morgan fingerprint density at radius 1 is 1.33 bits per heavy atom. The maximum absolute atomic E-state index is 11.9. The zero-order valence-corrected chi connectivity index (χ0v) is 9.58. The third kappa shape index (κ3) is 2.33. The van der Waals surface area contributed by atoms with Gasteiger partial charge in [0, 0.05) is 19.2 Å². The number of nitrogens with zero attached hydrogens (tertiary/aromatic N) is 1. The molecule has 0 aromatic carbocycles. The minimum absolute atomic E-state index is 0.200. The van der Waals surface area contributed by atoms with E-state index in [4.69, 9.17) is 4.74 Å². The molecule has 1 aliphatic carbocycles. The quantitative estimate of drug-likeness (QED) is 0.712. The molecule has 2 atom stereocenters. The number of ether oxygens (including phenoxy) is 1. The Morgan fingerprint density at radius 2 is 2.13 bits per heavy atom. The Kier molecular flexibility index (Phi) is 3.62. The first-order chi connectivity index (χ1) is 7.33. The van der Waals surface area contributed by atoms with Crippen LogP contribution < -0.4 is 0 Å². The lowest BCUT2D eigenvalue weighted by atomic mass is 9.85. The van der Waals surface area contributed by atoms with Gasteiger partial charge in [-0.2, -0.15) is 0 Å². The van der Waals surface area contributed by atoms with Crippen molar-refractivity contribution in [3.63, 3.8) is 0 Å². The molecule has 3 nitrogen and oxygen atoms in total. The normalized spacial score (nSPS) is 30.3. The van der Waals surface area contributed by atoms with E-state index in [2.05, 4.69) is 4.90 Å². The van der Waals surface area contributed by atoms with E-state index in [0.29, 0.717) is 12.6 Å². The number of hydrogen-bond donors (Lipinski definition) is 0. The number of rotatable bonds is 3. The van der Waals surface area contributed by atoms with E-state index in [1.54, 1.807) is 0 Å². The Bertz CT molecular complexity index is 230. The lowest BCUT2D eigenvalue weighted by molar-refractivity contribution is -0.137. The van der Waals surface area contributed by atoms with Crippen LogP contribution in [0.15, 0.2) is 0 Å². The third-order valence-electron chi connectivity index (χ3n) is 3.76. The summed E-state index contributed by atoms with van der Waals surface area (Å²) < 4.78 is 5.20. The Hall–Kier alpha value is -0.570. The Balaban J connectivity index is 1.89. The monoisotopic (exact) mass is 211 g/mol. The van der Waals surface area contributed by atoms with Crippen LogP contribution in [0.4, 0.5) is 0 Å². The number of amides is 1. The average molecular weight is 211 g/mol. The second kappa shape index (κ2) is 4.97. The molecule has 1 saturated carbocycles. The maximum atomic E-state index is 11.9. The third-order valence-corrected chi connectivity index (χ3v) is 3.76. The van der Waals surface area contributed by atoms with Crippen molar-refractivity contribution in [2.75, 3.05) is 19.8 Å². The highest BCUT2D eigenvalue weighted by Gasteiger charge is 2.37. The van der Waals surface area contributed by atoms with Crippen molar-refractivity contribution in [2.45, 2.75) is 45.1 Å². The van der Waals surface area contributed by atoms with Gasteiger partial charge in [-0.3, -0.25) is 4.79 Å². The van der Waals surface area contributed by atoms with Gasteiger partial charge in [-0.05, 0) is 32.1 Å². The molecule has 0 aromatic rings. The Labute approximate surface area is 91.8 Å². The van der Waals surface area contributed by atoms with Gasteiger partial charge < -0.3 is 9.64 Å².